The van der Waals surface area contributed by atoms with E-state index in [2.05, 4.69) is 5.32 Å². The maximum absolute atomic E-state index is 11.1. The molecule has 0 saturated carbocycles. The van der Waals surface area contributed by atoms with E-state index < -0.39 is 11.1 Å². The highest BCUT2D eigenvalue weighted by atomic mass is 32.2. The van der Waals surface area contributed by atoms with E-state index in [0.29, 0.717) is 5.56 Å². The maximum atomic E-state index is 11.1. The number of hydrogen-bond donors (Lipinski definition) is 1. The first-order valence-electron chi connectivity index (χ1n) is 3.56. The van der Waals surface area contributed by atoms with E-state index in [0.717, 1.165) is 0 Å². The second-order valence-corrected chi connectivity index (χ2v) is 3.28. The molecule has 0 aliphatic rings. The third-order valence-corrected chi connectivity index (χ3v) is 2.15. The molecule has 1 amide bonds. The standard InChI is InChI=1S/C8H9NO3S/c1-9-8(10)6-3-2-4-7(5-6)13(11)12/h2-5H,1H3,(H,9,10)(H,11,12)/p-1. The second-order valence-electron chi connectivity index (χ2n) is 2.34. The molecule has 1 rings (SSSR count). The number of carbonyl (C=O) groups is 1. The van der Waals surface area contributed by atoms with Gasteiger partial charge in [-0.2, -0.15) is 0 Å². The minimum atomic E-state index is -2.29. The normalized spacial score (nSPS) is 12.2. The van der Waals surface area contributed by atoms with E-state index in [4.69, 9.17) is 0 Å². The zero-order valence-corrected chi connectivity index (χ0v) is 7.76. The van der Waals surface area contributed by atoms with Crippen LogP contribution in [-0.4, -0.2) is 21.7 Å². The average molecular weight is 198 g/mol. The van der Waals surface area contributed by atoms with Crippen LogP contribution in [0, 0.1) is 0 Å². The highest BCUT2D eigenvalue weighted by Crippen LogP contribution is 2.07. The predicted molar refractivity (Wildman–Crippen MR) is 47.0 cm³/mol. The van der Waals surface area contributed by atoms with Gasteiger partial charge in [-0.25, -0.2) is 0 Å². The Morgan fingerprint density at radius 2 is 2.23 bits per heavy atom. The highest BCUT2D eigenvalue weighted by molar-refractivity contribution is 7.79. The van der Waals surface area contributed by atoms with Gasteiger partial charge >= 0.3 is 0 Å². The van der Waals surface area contributed by atoms with Crippen molar-refractivity contribution >= 4 is 17.0 Å². The molecule has 0 saturated heterocycles. The van der Waals surface area contributed by atoms with Gasteiger partial charge in [0, 0.05) is 17.5 Å². The zero-order chi connectivity index (χ0) is 9.84. The van der Waals surface area contributed by atoms with Crippen LogP contribution in [0.4, 0.5) is 0 Å². The fourth-order valence-corrected chi connectivity index (χ4v) is 1.30. The smallest absolute Gasteiger partial charge is 0.251 e. The molecule has 0 bridgehead atoms. The minimum Gasteiger partial charge on any atom is -0.768 e. The van der Waals surface area contributed by atoms with Gasteiger partial charge in [0.15, 0.2) is 0 Å². The van der Waals surface area contributed by atoms with Gasteiger partial charge in [0.1, 0.15) is 0 Å². The van der Waals surface area contributed by atoms with Crippen molar-refractivity contribution in [2.24, 2.45) is 0 Å². The number of nitrogens with one attached hydrogen (secondary N) is 1. The van der Waals surface area contributed by atoms with E-state index in [1.54, 1.807) is 6.07 Å². The summed E-state index contributed by atoms with van der Waals surface area (Å²) in [5.41, 5.74) is 0.337. The Bertz CT molecular complexity index is 351. The van der Waals surface area contributed by atoms with Gasteiger partial charge in [-0.05, 0) is 29.3 Å². The Labute approximate surface area is 78.3 Å². The zero-order valence-electron chi connectivity index (χ0n) is 6.94. The van der Waals surface area contributed by atoms with Crippen molar-refractivity contribution in [1.82, 2.24) is 5.32 Å². The molecule has 13 heavy (non-hydrogen) atoms. The summed E-state index contributed by atoms with van der Waals surface area (Å²) in [7, 11) is 1.49. The Morgan fingerprint density at radius 1 is 1.54 bits per heavy atom. The fourth-order valence-electron chi connectivity index (χ4n) is 0.885. The number of amides is 1. The van der Waals surface area contributed by atoms with Crippen molar-refractivity contribution in [3.05, 3.63) is 29.8 Å². The van der Waals surface area contributed by atoms with Crippen molar-refractivity contribution in [2.75, 3.05) is 7.05 Å². The lowest BCUT2D eigenvalue weighted by Gasteiger charge is -2.06. The lowest BCUT2D eigenvalue weighted by atomic mass is 10.2. The molecular formula is C8H8NO3S-. The van der Waals surface area contributed by atoms with Crippen molar-refractivity contribution < 1.29 is 13.6 Å². The summed E-state index contributed by atoms with van der Waals surface area (Å²) >= 11 is -2.29. The van der Waals surface area contributed by atoms with Gasteiger partial charge in [-0.15, -0.1) is 0 Å². The molecular weight excluding hydrogens is 190 g/mol. The van der Waals surface area contributed by atoms with Crippen molar-refractivity contribution in [1.29, 1.82) is 0 Å². The topological polar surface area (TPSA) is 69.2 Å². The average Bonchev–Trinajstić information content (AvgIpc) is 2.17. The lowest BCUT2D eigenvalue weighted by molar-refractivity contribution is 0.0963. The quantitative estimate of drug-likeness (QED) is 0.694. The summed E-state index contributed by atoms with van der Waals surface area (Å²) in [4.78, 5) is 11.2. The van der Waals surface area contributed by atoms with Crippen LogP contribution in [0.15, 0.2) is 29.2 Å². The van der Waals surface area contributed by atoms with Crippen LogP contribution in [0.5, 0.6) is 0 Å². The van der Waals surface area contributed by atoms with Gasteiger partial charge < -0.3 is 9.87 Å². The van der Waals surface area contributed by atoms with Crippen LogP contribution in [0.2, 0.25) is 0 Å². The molecule has 70 valence electrons. The number of hydrogen-bond acceptors (Lipinski definition) is 3. The molecule has 0 aliphatic heterocycles. The molecule has 0 fully saturated rings. The van der Waals surface area contributed by atoms with Crippen LogP contribution in [0.25, 0.3) is 0 Å². The van der Waals surface area contributed by atoms with E-state index in [-0.39, 0.29) is 10.8 Å². The molecule has 0 radical (unpaired) electrons. The summed E-state index contributed by atoms with van der Waals surface area (Å²) in [6.07, 6.45) is 0. The first kappa shape index (κ1) is 9.88. The molecule has 4 nitrogen and oxygen atoms in total. The molecule has 0 aliphatic carbocycles. The summed E-state index contributed by atoms with van der Waals surface area (Å²) < 4.78 is 21.1. The van der Waals surface area contributed by atoms with E-state index in [1.165, 1.54) is 25.2 Å². The first-order valence-corrected chi connectivity index (χ1v) is 4.64. The lowest BCUT2D eigenvalue weighted by Crippen LogP contribution is -2.17. The largest absolute Gasteiger partial charge is 0.768 e. The predicted octanol–water partition coefficient (Wildman–Crippen LogP) is 0.284. The van der Waals surface area contributed by atoms with Gasteiger partial charge in [0.05, 0.1) is 0 Å². The molecule has 1 aromatic rings. The third-order valence-electron chi connectivity index (χ3n) is 1.52. The molecule has 0 heterocycles. The maximum Gasteiger partial charge on any atom is 0.251 e. The van der Waals surface area contributed by atoms with E-state index >= 15 is 0 Å². The molecule has 0 spiro atoms. The van der Waals surface area contributed by atoms with Crippen LogP contribution in [0.3, 0.4) is 0 Å². The summed E-state index contributed by atoms with van der Waals surface area (Å²) in [5.74, 6) is -0.299. The van der Waals surface area contributed by atoms with Gasteiger partial charge in [-0.1, -0.05) is 6.07 Å². The van der Waals surface area contributed by atoms with Gasteiger partial charge in [0.25, 0.3) is 5.91 Å². The molecule has 0 aromatic heterocycles. The van der Waals surface area contributed by atoms with E-state index in [9.17, 15) is 13.6 Å². The highest BCUT2D eigenvalue weighted by Gasteiger charge is 2.02. The summed E-state index contributed by atoms with van der Waals surface area (Å²) in [5, 5.41) is 2.41. The first-order chi connectivity index (χ1) is 6.15. The Hall–Kier alpha value is -1.20. The van der Waals surface area contributed by atoms with Crippen molar-refractivity contribution in [2.45, 2.75) is 4.90 Å². The Morgan fingerprint density at radius 3 is 2.77 bits per heavy atom. The van der Waals surface area contributed by atoms with E-state index in [1.807, 2.05) is 0 Å². The molecule has 1 aromatic carbocycles. The number of carbonyl (C=O) groups excluding carboxylic acids is 1. The van der Waals surface area contributed by atoms with Crippen LogP contribution in [-0.2, 0) is 11.1 Å². The van der Waals surface area contributed by atoms with Gasteiger partial charge in [-0.3, -0.25) is 9.00 Å². The fraction of sp³-hybridized carbons (Fsp3) is 0.125. The van der Waals surface area contributed by atoms with Crippen molar-refractivity contribution in [3.63, 3.8) is 0 Å². The third kappa shape index (κ3) is 2.37. The SMILES string of the molecule is CNC(=O)c1cccc(S(=O)[O-])c1. The van der Waals surface area contributed by atoms with Crippen LogP contribution >= 0.6 is 0 Å². The van der Waals surface area contributed by atoms with Gasteiger partial charge in [0.2, 0.25) is 0 Å². The number of benzene rings is 1. The van der Waals surface area contributed by atoms with Crippen molar-refractivity contribution in [3.8, 4) is 0 Å². The minimum absolute atomic E-state index is 0.112. The van der Waals surface area contributed by atoms with Crippen LogP contribution in [0.1, 0.15) is 10.4 Å². The summed E-state index contributed by atoms with van der Waals surface area (Å²) in [6.45, 7) is 0. The molecule has 5 heteroatoms. The Kier molecular flexibility index (Phi) is 3.16. The number of rotatable bonds is 2. The molecule has 1 atom stereocenters. The summed E-state index contributed by atoms with van der Waals surface area (Å²) in [6, 6.07) is 5.82. The molecule has 1 N–H and O–H groups in total. The monoisotopic (exact) mass is 198 g/mol. The second kappa shape index (κ2) is 4.15. The Balaban J connectivity index is 3.05. The molecule has 1 unspecified atom stereocenters. The van der Waals surface area contributed by atoms with Crippen LogP contribution < -0.4 is 5.32 Å².